The van der Waals surface area contributed by atoms with Crippen LogP contribution in [0.2, 0.25) is 0 Å². The van der Waals surface area contributed by atoms with E-state index in [0.29, 0.717) is 47.0 Å². The third-order valence-electron chi connectivity index (χ3n) is 12.0. The standard InChI is InChI=1S/C52H56N10O2/c1-61-47-31-39(55)17-21-43(47)41-19-15-37(53)29-45(41)49(61)33-7-11-35(12-8-33)51(63)59-27-5-25-57-23-3-4-24-58-26-6-28-60-52(64)36-13-9-34(10-14-36)50-46-30-38(54)16-20-42(46)44-22-18-40(56)32-48(44)62(50)2/h7-22,29-32,55-58H,3-6,23-28H2,1-2H3,(H6,53,54,59,60,63,64)/p+2. The zero-order valence-corrected chi connectivity index (χ0v) is 36.6. The normalized spacial score (nSPS) is 11.5. The number of carbonyl (C=O) groups excluding carboxylic acids is 2. The molecule has 6 aromatic carbocycles. The Bertz CT molecular complexity index is 2800. The lowest BCUT2D eigenvalue weighted by atomic mass is 9.98. The molecule has 2 aromatic heterocycles. The SMILES string of the molecule is C[n+]1c(-c2ccc(C(=O)NCCCNCCCCNCCCNC(=O)c3ccc(-c4c5cc(N)ccc5c5ccc(N)cc5[n+]4C)cc3)cc2)c2cc(N)ccc2c2ccc(N)cc21. The minimum atomic E-state index is -0.0879. The van der Waals surface area contributed by atoms with Crippen molar-refractivity contribution in [2.75, 3.05) is 62.2 Å². The van der Waals surface area contributed by atoms with Gasteiger partial charge in [-0.2, -0.15) is 9.13 Å². The van der Waals surface area contributed by atoms with Crippen LogP contribution in [0.1, 0.15) is 46.4 Å². The van der Waals surface area contributed by atoms with Gasteiger partial charge in [-0.1, -0.05) is 12.1 Å². The summed E-state index contributed by atoms with van der Waals surface area (Å²) in [5.74, 6) is -0.176. The molecule has 2 amide bonds. The van der Waals surface area contributed by atoms with Crippen molar-refractivity contribution in [3.8, 4) is 22.5 Å². The topological polar surface area (TPSA) is 194 Å². The van der Waals surface area contributed by atoms with Gasteiger partial charge < -0.3 is 44.2 Å². The molecule has 0 radical (unpaired) electrons. The Kier molecular flexibility index (Phi) is 13.2. The van der Waals surface area contributed by atoms with Crippen LogP contribution in [0.4, 0.5) is 22.7 Å². The van der Waals surface area contributed by atoms with Crippen molar-refractivity contribution >= 4 is 77.9 Å². The number of nitrogens with one attached hydrogen (secondary N) is 4. The predicted molar refractivity (Wildman–Crippen MR) is 263 cm³/mol. The summed E-state index contributed by atoms with van der Waals surface area (Å²) >= 11 is 0. The summed E-state index contributed by atoms with van der Waals surface area (Å²) in [6, 6.07) is 39.3. The molecule has 0 fully saturated rings. The van der Waals surface area contributed by atoms with E-state index in [-0.39, 0.29) is 11.8 Å². The highest BCUT2D eigenvalue weighted by Gasteiger charge is 2.23. The summed E-state index contributed by atoms with van der Waals surface area (Å²) in [6.07, 6.45) is 3.79. The number of fused-ring (bicyclic) bond motifs is 6. The second-order valence-corrected chi connectivity index (χ2v) is 16.6. The molecule has 12 heteroatoms. The lowest BCUT2D eigenvalue weighted by molar-refractivity contribution is -0.632. The Labute approximate surface area is 373 Å². The molecule has 0 saturated carbocycles. The molecular weight excluding hydrogens is 797 g/mol. The van der Waals surface area contributed by atoms with Gasteiger partial charge in [-0.3, -0.25) is 9.59 Å². The number of nitrogens with zero attached hydrogens (tertiary/aromatic N) is 2. The van der Waals surface area contributed by atoms with Gasteiger partial charge in [-0.05, 0) is 149 Å². The van der Waals surface area contributed by atoms with Crippen LogP contribution in [0.3, 0.4) is 0 Å². The van der Waals surface area contributed by atoms with Gasteiger partial charge in [0.2, 0.25) is 22.4 Å². The van der Waals surface area contributed by atoms with Crippen molar-refractivity contribution < 1.29 is 18.7 Å². The molecule has 0 unspecified atom stereocenters. The number of aryl methyl sites for hydroxylation is 2. The number of amides is 2. The molecule has 8 aromatic rings. The molecule has 0 aliphatic heterocycles. The molecule has 0 aliphatic carbocycles. The molecule has 0 saturated heterocycles. The first kappa shape index (κ1) is 43.4. The van der Waals surface area contributed by atoms with E-state index in [1.165, 1.54) is 0 Å². The highest BCUT2D eigenvalue weighted by molar-refractivity contribution is 6.11. The fraction of sp³-hybridized carbons (Fsp3) is 0.231. The minimum absolute atomic E-state index is 0.0879. The molecule has 64 heavy (non-hydrogen) atoms. The van der Waals surface area contributed by atoms with Crippen molar-refractivity contribution in [2.24, 2.45) is 14.1 Å². The number of anilines is 4. The Morgan fingerprint density at radius 2 is 0.750 bits per heavy atom. The third kappa shape index (κ3) is 9.38. The second-order valence-electron chi connectivity index (χ2n) is 16.6. The van der Waals surface area contributed by atoms with Crippen LogP contribution in [-0.2, 0) is 14.1 Å². The average Bonchev–Trinajstić information content (AvgIpc) is 3.29. The number of benzene rings is 6. The summed E-state index contributed by atoms with van der Waals surface area (Å²) in [6.45, 7) is 4.69. The highest BCUT2D eigenvalue weighted by atomic mass is 16.2. The molecule has 2 heterocycles. The van der Waals surface area contributed by atoms with Gasteiger partial charge in [0.15, 0.2) is 0 Å². The van der Waals surface area contributed by atoms with Crippen molar-refractivity contribution in [3.63, 3.8) is 0 Å². The Hall–Kier alpha value is -7.28. The zero-order chi connectivity index (χ0) is 44.7. The summed E-state index contributed by atoms with van der Waals surface area (Å²) in [5, 5.41) is 19.6. The fourth-order valence-corrected chi connectivity index (χ4v) is 8.74. The van der Waals surface area contributed by atoms with Crippen LogP contribution >= 0.6 is 0 Å². The van der Waals surface area contributed by atoms with E-state index in [9.17, 15) is 9.59 Å². The van der Waals surface area contributed by atoms with Crippen LogP contribution in [0, 0.1) is 0 Å². The van der Waals surface area contributed by atoms with Gasteiger partial charge in [0.05, 0.1) is 21.5 Å². The maximum Gasteiger partial charge on any atom is 0.251 e. The Morgan fingerprint density at radius 3 is 1.14 bits per heavy atom. The fourth-order valence-electron chi connectivity index (χ4n) is 8.74. The minimum Gasteiger partial charge on any atom is -0.399 e. The maximum absolute atomic E-state index is 13.0. The number of hydrogen-bond donors (Lipinski definition) is 8. The molecule has 12 N–H and O–H groups in total. The van der Waals surface area contributed by atoms with Gasteiger partial charge in [0.25, 0.3) is 11.8 Å². The molecular formula is C52H58N10O2+2. The first-order valence-electron chi connectivity index (χ1n) is 22.1. The number of nitrogens with two attached hydrogens (primary N) is 4. The molecule has 326 valence electrons. The lowest BCUT2D eigenvalue weighted by Crippen LogP contribution is -2.32. The van der Waals surface area contributed by atoms with E-state index in [1.807, 2.05) is 111 Å². The first-order chi connectivity index (χ1) is 31.1. The van der Waals surface area contributed by atoms with Gasteiger partial charge in [-0.15, -0.1) is 0 Å². The molecule has 8 rings (SSSR count). The van der Waals surface area contributed by atoms with Crippen molar-refractivity contribution in [1.82, 2.24) is 21.3 Å². The summed E-state index contributed by atoms with van der Waals surface area (Å²) in [5.41, 5.74) is 34.9. The Morgan fingerprint density at radius 1 is 0.406 bits per heavy atom. The maximum atomic E-state index is 13.0. The van der Waals surface area contributed by atoms with Crippen molar-refractivity contribution in [3.05, 3.63) is 132 Å². The van der Waals surface area contributed by atoms with Gasteiger partial charge in [0.1, 0.15) is 14.1 Å². The monoisotopic (exact) mass is 854 g/mol. The Balaban J connectivity index is 0.704. The summed E-state index contributed by atoms with van der Waals surface area (Å²) in [7, 11) is 4.06. The van der Waals surface area contributed by atoms with Crippen molar-refractivity contribution in [1.29, 1.82) is 0 Å². The number of pyridine rings is 2. The number of aromatic nitrogens is 2. The van der Waals surface area contributed by atoms with Crippen LogP contribution in [0.5, 0.6) is 0 Å². The van der Waals surface area contributed by atoms with Crippen LogP contribution in [-0.4, -0.2) is 51.1 Å². The van der Waals surface area contributed by atoms with E-state index in [4.69, 9.17) is 22.9 Å². The van der Waals surface area contributed by atoms with Crippen molar-refractivity contribution in [2.45, 2.75) is 25.7 Å². The second kappa shape index (κ2) is 19.4. The van der Waals surface area contributed by atoms with Gasteiger partial charge in [-0.25, -0.2) is 0 Å². The van der Waals surface area contributed by atoms with Crippen LogP contribution in [0.15, 0.2) is 121 Å². The zero-order valence-electron chi connectivity index (χ0n) is 36.6. The van der Waals surface area contributed by atoms with E-state index < -0.39 is 0 Å². The van der Waals surface area contributed by atoms with Gasteiger partial charge >= 0.3 is 0 Å². The summed E-state index contributed by atoms with van der Waals surface area (Å²) in [4.78, 5) is 25.9. The molecule has 12 nitrogen and oxygen atoms in total. The van der Waals surface area contributed by atoms with E-state index in [1.54, 1.807) is 0 Å². The number of unbranched alkanes of at least 4 members (excludes halogenated alkanes) is 1. The molecule has 0 spiro atoms. The first-order valence-corrected chi connectivity index (χ1v) is 22.1. The quantitative estimate of drug-likeness (QED) is 0.0220. The molecule has 0 bridgehead atoms. The van der Waals surface area contributed by atoms with Crippen LogP contribution < -0.4 is 53.3 Å². The van der Waals surface area contributed by atoms with Crippen LogP contribution in [0.25, 0.3) is 65.9 Å². The molecule has 0 atom stereocenters. The highest BCUT2D eigenvalue weighted by Crippen LogP contribution is 2.35. The number of nitrogen functional groups attached to an aromatic ring is 4. The smallest absolute Gasteiger partial charge is 0.251 e. The largest absolute Gasteiger partial charge is 0.399 e. The number of carbonyl (C=O) groups is 2. The lowest BCUT2D eigenvalue weighted by Gasteiger charge is -2.11. The number of rotatable bonds is 17. The van der Waals surface area contributed by atoms with E-state index in [2.05, 4.69) is 54.7 Å². The predicted octanol–water partition coefficient (Wildman–Crippen LogP) is 6.51. The molecule has 0 aliphatic rings. The summed E-state index contributed by atoms with van der Waals surface area (Å²) < 4.78 is 4.28. The van der Waals surface area contributed by atoms with E-state index >= 15 is 0 Å². The third-order valence-corrected chi connectivity index (χ3v) is 12.0. The van der Waals surface area contributed by atoms with Gasteiger partial charge in [0, 0.05) is 81.0 Å². The average molecular weight is 855 g/mol. The number of hydrogen-bond acceptors (Lipinski definition) is 8. The van der Waals surface area contributed by atoms with E-state index in [0.717, 1.165) is 118 Å².